The van der Waals surface area contributed by atoms with Gasteiger partial charge in [-0.1, -0.05) is 25.1 Å². The topological polar surface area (TPSA) is 49.4 Å². The Kier molecular flexibility index (Phi) is 3.46. The third kappa shape index (κ3) is 2.14. The SMILES string of the molecule is CCc1ccccc1NC1=CC(=O)N(CC)C1=O. The molecule has 0 aromatic heterocycles. The van der Waals surface area contributed by atoms with Crippen LogP contribution in [-0.2, 0) is 16.0 Å². The van der Waals surface area contributed by atoms with Crippen molar-refractivity contribution in [2.24, 2.45) is 0 Å². The highest BCUT2D eigenvalue weighted by molar-refractivity contribution is 6.17. The van der Waals surface area contributed by atoms with Gasteiger partial charge in [-0.25, -0.2) is 0 Å². The van der Waals surface area contributed by atoms with Crippen LogP contribution in [0, 0.1) is 0 Å². The normalized spacial score (nSPS) is 15.0. The fourth-order valence-corrected chi connectivity index (χ4v) is 1.99. The lowest BCUT2D eigenvalue weighted by Crippen LogP contribution is -2.31. The van der Waals surface area contributed by atoms with Crippen LogP contribution in [-0.4, -0.2) is 23.3 Å². The molecular weight excluding hydrogens is 228 g/mol. The molecular formula is C14H16N2O2. The predicted octanol–water partition coefficient (Wildman–Crippen LogP) is 1.93. The highest BCUT2D eigenvalue weighted by Crippen LogP contribution is 2.20. The molecule has 1 N–H and O–H groups in total. The Labute approximate surface area is 106 Å². The molecule has 1 aliphatic heterocycles. The van der Waals surface area contributed by atoms with E-state index in [2.05, 4.69) is 12.2 Å². The van der Waals surface area contributed by atoms with Crippen molar-refractivity contribution in [3.8, 4) is 0 Å². The van der Waals surface area contributed by atoms with Gasteiger partial charge >= 0.3 is 0 Å². The Bertz CT molecular complexity index is 520. The summed E-state index contributed by atoms with van der Waals surface area (Å²) in [6.45, 7) is 4.23. The molecule has 1 aromatic carbocycles. The number of rotatable bonds is 4. The number of nitrogens with one attached hydrogen (secondary N) is 1. The smallest absolute Gasteiger partial charge is 0.277 e. The van der Waals surface area contributed by atoms with E-state index in [0.717, 1.165) is 17.7 Å². The molecule has 0 fully saturated rings. The molecule has 0 atom stereocenters. The van der Waals surface area contributed by atoms with Gasteiger partial charge in [0, 0.05) is 18.3 Å². The zero-order valence-corrected chi connectivity index (χ0v) is 10.6. The van der Waals surface area contributed by atoms with Gasteiger partial charge in [-0.15, -0.1) is 0 Å². The molecule has 2 amide bonds. The monoisotopic (exact) mass is 244 g/mol. The minimum atomic E-state index is -0.256. The van der Waals surface area contributed by atoms with Gasteiger partial charge in [0.2, 0.25) is 0 Å². The number of hydrogen-bond donors (Lipinski definition) is 1. The van der Waals surface area contributed by atoms with Gasteiger partial charge in [-0.05, 0) is 25.0 Å². The van der Waals surface area contributed by atoms with Crippen molar-refractivity contribution in [2.45, 2.75) is 20.3 Å². The first-order valence-corrected chi connectivity index (χ1v) is 6.09. The molecule has 4 nitrogen and oxygen atoms in total. The lowest BCUT2D eigenvalue weighted by atomic mass is 10.1. The predicted molar refractivity (Wildman–Crippen MR) is 69.9 cm³/mol. The fraction of sp³-hybridized carbons (Fsp3) is 0.286. The molecule has 1 aliphatic rings. The van der Waals surface area contributed by atoms with Crippen LogP contribution in [0.4, 0.5) is 5.69 Å². The Morgan fingerprint density at radius 2 is 1.89 bits per heavy atom. The average Bonchev–Trinajstić information content (AvgIpc) is 2.65. The summed E-state index contributed by atoms with van der Waals surface area (Å²) >= 11 is 0. The molecule has 0 spiro atoms. The minimum Gasteiger partial charge on any atom is -0.351 e. The van der Waals surface area contributed by atoms with E-state index in [1.807, 2.05) is 24.3 Å². The number of hydrogen-bond acceptors (Lipinski definition) is 3. The largest absolute Gasteiger partial charge is 0.351 e. The van der Waals surface area contributed by atoms with Crippen LogP contribution in [0.15, 0.2) is 36.0 Å². The number of anilines is 1. The third-order valence-corrected chi connectivity index (χ3v) is 2.99. The maximum absolute atomic E-state index is 11.9. The maximum atomic E-state index is 11.9. The van der Waals surface area contributed by atoms with E-state index in [0.29, 0.717) is 12.2 Å². The summed E-state index contributed by atoms with van der Waals surface area (Å²) in [6, 6.07) is 7.77. The molecule has 0 unspecified atom stereocenters. The molecule has 1 aromatic rings. The van der Waals surface area contributed by atoms with E-state index >= 15 is 0 Å². The van der Waals surface area contributed by atoms with Gasteiger partial charge in [-0.3, -0.25) is 14.5 Å². The Morgan fingerprint density at radius 3 is 2.50 bits per heavy atom. The summed E-state index contributed by atoms with van der Waals surface area (Å²) in [6.07, 6.45) is 2.23. The second-order valence-electron chi connectivity index (χ2n) is 4.08. The molecule has 0 saturated carbocycles. The van der Waals surface area contributed by atoms with Crippen molar-refractivity contribution in [3.05, 3.63) is 41.6 Å². The summed E-state index contributed by atoms with van der Waals surface area (Å²) < 4.78 is 0. The van der Waals surface area contributed by atoms with Crippen LogP contribution in [0.25, 0.3) is 0 Å². The van der Waals surface area contributed by atoms with Crippen molar-refractivity contribution in [3.63, 3.8) is 0 Å². The summed E-state index contributed by atoms with van der Waals surface area (Å²) in [5.41, 5.74) is 2.35. The van der Waals surface area contributed by atoms with E-state index in [4.69, 9.17) is 0 Å². The second kappa shape index (κ2) is 5.04. The van der Waals surface area contributed by atoms with Crippen molar-refractivity contribution in [1.29, 1.82) is 0 Å². The first-order valence-electron chi connectivity index (χ1n) is 6.09. The number of benzene rings is 1. The zero-order valence-electron chi connectivity index (χ0n) is 10.6. The molecule has 2 rings (SSSR count). The summed E-state index contributed by atoms with van der Waals surface area (Å²) in [5.74, 6) is -0.507. The molecule has 0 radical (unpaired) electrons. The fourth-order valence-electron chi connectivity index (χ4n) is 1.99. The van der Waals surface area contributed by atoms with E-state index in [1.165, 1.54) is 11.0 Å². The number of likely N-dealkylation sites (N-methyl/N-ethyl adjacent to an activating group) is 1. The molecule has 4 heteroatoms. The summed E-state index contributed by atoms with van der Waals surface area (Å²) in [7, 11) is 0. The van der Waals surface area contributed by atoms with E-state index in [9.17, 15) is 9.59 Å². The van der Waals surface area contributed by atoms with E-state index in [-0.39, 0.29) is 11.8 Å². The average molecular weight is 244 g/mol. The highest BCUT2D eigenvalue weighted by Gasteiger charge is 2.29. The van der Waals surface area contributed by atoms with Crippen LogP contribution in [0.1, 0.15) is 19.4 Å². The van der Waals surface area contributed by atoms with Crippen molar-refractivity contribution in [1.82, 2.24) is 4.90 Å². The van der Waals surface area contributed by atoms with Crippen LogP contribution < -0.4 is 5.32 Å². The number of amides is 2. The highest BCUT2D eigenvalue weighted by atomic mass is 16.2. The number of nitrogens with zero attached hydrogens (tertiary/aromatic N) is 1. The first-order chi connectivity index (χ1) is 8.67. The molecule has 0 bridgehead atoms. The Balaban J connectivity index is 2.23. The van der Waals surface area contributed by atoms with E-state index < -0.39 is 0 Å². The Morgan fingerprint density at radius 1 is 1.17 bits per heavy atom. The molecule has 1 heterocycles. The number of imide groups is 1. The van der Waals surface area contributed by atoms with Gasteiger partial charge in [-0.2, -0.15) is 0 Å². The summed E-state index contributed by atoms with van der Waals surface area (Å²) in [4.78, 5) is 24.7. The standard InChI is InChI=1S/C14H16N2O2/c1-3-10-7-5-6-8-11(10)15-12-9-13(17)16(4-2)14(12)18/h5-9,15H,3-4H2,1-2H3. The minimum absolute atomic E-state index is 0.251. The molecule has 0 saturated heterocycles. The Hall–Kier alpha value is -2.10. The van der Waals surface area contributed by atoms with Crippen molar-refractivity contribution in [2.75, 3.05) is 11.9 Å². The van der Waals surface area contributed by atoms with Crippen LogP contribution in [0.2, 0.25) is 0 Å². The quantitative estimate of drug-likeness (QED) is 0.823. The zero-order chi connectivity index (χ0) is 13.1. The lowest BCUT2D eigenvalue weighted by Gasteiger charge is -2.13. The van der Waals surface area contributed by atoms with Gasteiger partial charge in [0.05, 0.1) is 0 Å². The third-order valence-electron chi connectivity index (χ3n) is 2.99. The number of carbonyl (C=O) groups is 2. The molecule has 0 aliphatic carbocycles. The van der Waals surface area contributed by atoms with Crippen molar-refractivity contribution >= 4 is 17.5 Å². The molecule has 94 valence electrons. The van der Waals surface area contributed by atoms with Gasteiger partial charge in [0.1, 0.15) is 5.70 Å². The maximum Gasteiger partial charge on any atom is 0.277 e. The van der Waals surface area contributed by atoms with Gasteiger partial charge in [0.25, 0.3) is 11.8 Å². The number of aryl methyl sites for hydroxylation is 1. The van der Waals surface area contributed by atoms with Gasteiger partial charge < -0.3 is 5.32 Å². The lowest BCUT2D eigenvalue weighted by molar-refractivity contribution is -0.136. The first kappa shape index (κ1) is 12.4. The van der Waals surface area contributed by atoms with Crippen LogP contribution in [0.5, 0.6) is 0 Å². The number of carbonyl (C=O) groups excluding carboxylic acids is 2. The number of para-hydroxylation sites is 1. The van der Waals surface area contributed by atoms with Crippen molar-refractivity contribution < 1.29 is 9.59 Å². The second-order valence-corrected chi connectivity index (χ2v) is 4.08. The molecule has 18 heavy (non-hydrogen) atoms. The van der Waals surface area contributed by atoms with Gasteiger partial charge in [0.15, 0.2) is 0 Å². The van der Waals surface area contributed by atoms with E-state index in [1.54, 1.807) is 6.92 Å². The van der Waals surface area contributed by atoms with Crippen LogP contribution in [0.3, 0.4) is 0 Å². The summed E-state index contributed by atoms with van der Waals surface area (Å²) in [5, 5.41) is 3.05. The van der Waals surface area contributed by atoms with Crippen LogP contribution >= 0.6 is 0 Å².